The van der Waals surface area contributed by atoms with Crippen LogP contribution in [0.25, 0.3) is 16.9 Å². The van der Waals surface area contributed by atoms with Crippen molar-refractivity contribution in [1.29, 1.82) is 0 Å². The molecule has 0 aliphatic carbocycles. The average Bonchev–Trinajstić information content (AvgIpc) is 3.39. The second kappa shape index (κ2) is 6.52. The molecule has 0 radical (unpaired) electrons. The topological polar surface area (TPSA) is 72.4 Å². The summed E-state index contributed by atoms with van der Waals surface area (Å²) in [6, 6.07) is 9.33. The molecular formula is C18H16N4O2S. The Hall–Kier alpha value is -2.93. The van der Waals surface area contributed by atoms with Gasteiger partial charge in [-0.3, -0.25) is 4.79 Å². The van der Waals surface area contributed by atoms with E-state index < -0.39 is 0 Å². The van der Waals surface area contributed by atoms with E-state index in [9.17, 15) is 4.79 Å². The third-order valence-corrected chi connectivity index (χ3v) is 4.60. The number of aromatic nitrogens is 3. The lowest BCUT2D eigenvalue weighted by molar-refractivity contribution is 0.0943. The number of rotatable bonds is 5. The van der Waals surface area contributed by atoms with Crippen molar-refractivity contribution in [3.8, 4) is 11.3 Å². The standard InChI is InChI=1S/C18H16N4O2S/c1-2-13-8-16(18(23)19-10-14-4-3-6-24-14)20-17-9-15(21-22(13)17)12-5-7-25-11-12/h3-9,11H,2,10H2,1H3,(H,19,23). The van der Waals surface area contributed by atoms with E-state index >= 15 is 0 Å². The second-order valence-electron chi connectivity index (χ2n) is 5.56. The van der Waals surface area contributed by atoms with E-state index in [-0.39, 0.29) is 5.91 Å². The van der Waals surface area contributed by atoms with Crippen molar-refractivity contribution in [3.05, 3.63) is 64.5 Å². The van der Waals surface area contributed by atoms with Gasteiger partial charge >= 0.3 is 0 Å². The van der Waals surface area contributed by atoms with E-state index in [1.807, 2.05) is 35.9 Å². The first-order chi connectivity index (χ1) is 12.2. The molecule has 0 unspecified atom stereocenters. The number of fused-ring (bicyclic) bond motifs is 1. The summed E-state index contributed by atoms with van der Waals surface area (Å²) in [6.07, 6.45) is 2.33. The molecule has 25 heavy (non-hydrogen) atoms. The van der Waals surface area contributed by atoms with Gasteiger partial charge in [0.2, 0.25) is 0 Å². The van der Waals surface area contributed by atoms with Gasteiger partial charge in [0.25, 0.3) is 5.91 Å². The third-order valence-electron chi connectivity index (χ3n) is 3.92. The van der Waals surface area contributed by atoms with Gasteiger partial charge in [0.05, 0.1) is 18.5 Å². The Morgan fingerprint density at radius 3 is 3.00 bits per heavy atom. The molecule has 4 aromatic rings. The molecule has 0 fully saturated rings. The van der Waals surface area contributed by atoms with Crippen LogP contribution in [0.15, 0.2) is 51.8 Å². The minimum Gasteiger partial charge on any atom is -0.467 e. The number of nitrogens with one attached hydrogen (secondary N) is 1. The quantitative estimate of drug-likeness (QED) is 0.596. The fraction of sp³-hybridized carbons (Fsp3) is 0.167. The summed E-state index contributed by atoms with van der Waals surface area (Å²) in [5.41, 5.74) is 3.91. The van der Waals surface area contributed by atoms with Gasteiger partial charge in [0, 0.05) is 22.7 Å². The maximum absolute atomic E-state index is 12.4. The van der Waals surface area contributed by atoms with Crippen LogP contribution in [-0.2, 0) is 13.0 Å². The maximum atomic E-state index is 12.4. The van der Waals surface area contributed by atoms with Gasteiger partial charge < -0.3 is 9.73 Å². The largest absolute Gasteiger partial charge is 0.467 e. The predicted octanol–water partition coefficient (Wildman–Crippen LogP) is 3.54. The van der Waals surface area contributed by atoms with E-state index in [0.717, 1.165) is 23.4 Å². The molecule has 0 aromatic carbocycles. The molecule has 1 amide bonds. The van der Waals surface area contributed by atoms with Gasteiger partial charge in [-0.1, -0.05) is 6.92 Å². The first-order valence-electron chi connectivity index (χ1n) is 7.97. The Kier molecular flexibility index (Phi) is 4.07. The lowest BCUT2D eigenvalue weighted by atomic mass is 10.2. The van der Waals surface area contributed by atoms with Crippen molar-refractivity contribution < 1.29 is 9.21 Å². The van der Waals surface area contributed by atoms with Gasteiger partial charge in [-0.15, -0.1) is 0 Å². The van der Waals surface area contributed by atoms with Crippen LogP contribution in [0.5, 0.6) is 0 Å². The summed E-state index contributed by atoms with van der Waals surface area (Å²) in [4.78, 5) is 16.9. The molecule has 0 spiro atoms. The van der Waals surface area contributed by atoms with Gasteiger partial charge in [-0.2, -0.15) is 16.4 Å². The van der Waals surface area contributed by atoms with Crippen LogP contribution in [0.3, 0.4) is 0 Å². The zero-order valence-electron chi connectivity index (χ0n) is 13.6. The maximum Gasteiger partial charge on any atom is 0.270 e. The summed E-state index contributed by atoms with van der Waals surface area (Å²) < 4.78 is 7.03. The van der Waals surface area contributed by atoms with Gasteiger partial charge in [-0.05, 0) is 36.1 Å². The first kappa shape index (κ1) is 15.6. The number of carbonyl (C=O) groups is 1. The van der Waals surface area contributed by atoms with E-state index in [1.165, 1.54) is 0 Å². The van der Waals surface area contributed by atoms with Crippen LogP contribution in [0.2, 0.25) is 0 Å². The monoisotopic (exact) mass is 352 g/mol. The van der Waals surface area contributed by atoms with Crippen molar-refractivity contribution in [1.82, 2.24) is 19.9 Å². The van der Waals surface area contributed by atoms with Crippen molar-refractivity contribution in [2.75, 3.05) is 0 Å². The minimum absolute atomic E-state index is 0.230. The van der Waals surface area contributed by atoms with Crippen LogP contribution in [0.1, 0.15) is 28.9 Å². The summed E-state index contributed by atoms with van der Waals surface area (Å²) in [6.45, 7) is 2.37. The van der Waals surface area contributed by atoms with Crippen molar-refractivity contribution in [3.63, 3.8) is 0 Å². The molecule has 0 aliphatic heterocycles. The molecule has 6 nitrogen and oxygen atoms in total. The van der Waals surface area contributed by atoms with Gasteiger partial charge in [-0.25, -0.2) is 9.50 Å². The highest BCUT2D eigenvalue weighted by molar-refractivity contribution is 7.08. The number of aryl methyl sites for hydroxylation is 1. The zero-order chi connectivity index (χ0) is 17.2. The molecule has 0 aliphatic rings. The highest BCUT2D eigenvalue weighted by atomic mass is 32.1. The van der Waals surface area contributed by atoms with Crippen molar-refractivity contribution >= 4 is 22.9 Å². The van der Waals surface area contributed by atoms with Gasteiger partial charge in [0.1, 0.15) is 11.5 Å². The number of hydrogen-bond acceptors (Lipinski definition) is 5. The Morgan fingerprint density at radius 1 is 1.36 bits per heavy atom. The molecule has 4 aromatic heterocycles. The normalized spacial score (nSPS) is 11.1. The summed E-state index contributed by atoms with van der Waals surface area (Å²) in [7, 11) is 0. The van der Waals surface area contributed by atoms with Gasteiger partial charge in [0.15, 0.2) is 5.65 Å². The Balaban J connectivity index is 1.66. The molecular weight excluding hydrogens is 336 g/mol. The van der Waals surface area contributed by atoms with Crippen LogP contribution < -0.4 is 5.32 Å². The smallest absolute Gasteiger partial charge is 0.270 e. The Labute approximate surface area is 148 Å². The Bertz CT molecular complexity index is 1000. The molecule has 7 heteroatoms. The molecule has 1 N–H and O–H groups in total. The number of carbonyl (C=O) groups excluding carboxylic acids is 1. The predicted molar refractivity (Wildman–Crippen MR) is 95.6 cm³/mol. The minimum atomic E-state index is -0.230. The third kappa shape index (κ3) is 3.06. The fourth-order valence-corrected chi connectivity index (χ4v) is 3.28. The SMILES string of the molecule is CCc1cc(C(=O)NCc2ccco2)nc2cc(-c3ccsc3)nn12. The number of furan rings is 1. The van der Waals surface area contributed by atoms with E-state index in [4.69, 9.17) is 4.42 Å². The van der Waals surface area contributed by atoms with E-state index in [1.54, 1.807) is 34.2 Å². The fourth-order valence-electron chi connectivity index (χ4n) is 2.63. The number of hydrogen-bond donors (Lipinski definition) is 1. The highest BCUT2D eigenvalue weighted by Crippen LogP contribution is 2.22. The molecule has 0 atom stereocenters. The van der Waals surface area contributed by atoms with E-state index in [2.05, 4.69) is 15.4 Å². The number of nitrogens with zero attached hydrogens (tertiary/aromatic N) is 3. The first-order valence-corrected chi connectivity index (χ1v) is 8.91. The molecule has 4 rings (SSSR count). The Morgan fingerprint density at radius 2 is 2.28 bits per heavy atom. The van der Waals surface area contributed by atoms with Crippen LogP contribution in [0, 0.1) is 0 Å². The summed E-state index contributed by atoms with van der Waals surface area (Å²) in [5, 5.41) is 11.5. The summed E-state index contributed by atoms with van der Waals surface area (Å²) in [5.74, 6) is 0.473. The average molecular weight is 352 g/mol. The van der Waals surface area contributed by atoms with Crippen LogP contribution in [-0.4, -0.2) is 20.5 Å². The number of amides is 1. The lowest BCUT2D eigenvalue weighted by Gasteiger charge is -2.06. The zero-order valence-corrected chi connectivity index (χ0v) is 14.4. The van der Waals surface area contributed by atoms with E-state index in [0.29, 0.717) is 23.6 Å². The number of thiophene rings is 1. The molecule has 4 heterocycles. The molecule has 0 saturated heterocycles. The molecule has 126 valence electrons. The second-order valence-corrected chi connectivity index (χ2v) is 6.34. The van der Waals surface area contributed by atoms with Crippen molar-refractivity contribution in [2.45, 2.75) is 19.9 Å². The molecule has 0 bridgehead atoms. The highest BCUT2D eigenvalue weighted by Gasteiger charge is 2.14. The summed E-state index contributed by atoms with van der Waals surface area (Å²) >= 11 is 1.62. The van der Waals surface area contributed by atoms with Crippen LogP contribution >= 0.6 is 11.3 Å². The van der Waals surface area contributed by atoms with Crippen molar-refractivity contribution in [2.24, 2.45) is 0 Å². The lowest BCUT2D eigenvalue weighted by Crippen LogP contribution is -2.24. The van der Waals surface area contributed by atoms with Crippen LogP contribution in [0.4, 0.5) is 0 Å². The molecule has 0 saturated carbocycles.